The maximum Gasteiger partial charge on any atom is 0.234 e. The van der Waals surface area contributed by atoms with Crippen LogP contribution in [0.15, 0.2) is 18.2 Å². The predicted octanol–water partition coefficient (Wildman–Crippen LogP) is 1.96. The third-order valence-electron chi connectivity index (χ3n) is 4.39. The van der Waals surface area contributed by atoms with E-state index in [9.17, 15) is 9.59 Å². The van der Waals surface area contributed by atoms with Gasteiger partial charge in [-0.1, -0.05) is 29.3 Å². The highest BCUT2D eigenvalue weighted by Crippen LogP contribution is 2.22. The standard InChI is InChI=1S/C17H21Cl2N3O2/c18-13-2-1-12(15(19)10-13)9-17(24)22-7-5-21(6-8-22)11-16(23)20-14-3-4-14/h1-2,10,14H,3-9,11H2,(H,20,23). The summed E-state index contributed by atoms with van der Waals surface area (Å²) in [6.07, 6.45) is 2.47. The molecule has 1 aromatic rings. The van der Waals surface area contributed by atoms with E-state index in [4.69, 9.17) is 23.2 Å². The Morgan fingerprint density at radius 1 is 1.12 bits per heavy atom. The number of carbonyl (C=O) groups is 2. The number of carbonyl (C=O) groups excluding carboxylic acids is 2. The summed E-state index contributed by atoms with van der Waals surface area (Å²) in [5.41, 5.74) is 0.789. The van der Waals surface area contributed by atoms with Gasteiger partial charge in [-0.15, -0.1) is 0 Å². The van der Waals surface area contributed by atoms with Crippen molar-refractivity contribution in [3.8, 4) is 0 Å². The van der Waals surface area contributed by atoms with Gasteiger partial charge in [-0.05, 0) is 30.5 Å². The molecule has 2 amide bonds. The molecule has 1 N–H and O–H groups in total. The second kappa shape index (κ2) is 7.72. The number of nitrogens with zero attached hydrogens (tertiary/aromatic N) is 2. The van der Waals surface area contributed by atoms with Crippen molar-refractivity contribution in [2.75, 3.05) is 32.7 Å². The van der Waals surface area contributed by atoms with Gasteiger partial charge in [0.1, 0.15) is 0 Å². The van der Waals surface area contributed by atoms with Gasteiger partial charge >= 0.3 is 0 Å². The summed E-state index contributed by atoms with van der Waals surface area (Å²) in [6, 6.07) is 5.58. The van der Waals surface area contributed by atoms with Gasteiger partial charge in [0.25, 0.3) is 0 Å². The highest BCUT2D eigenvalue weighted by molar-refractivity contribution is 6.35. The normalized spacial score (nSPS) is 18.5. The summed E-state index contributed by atoms with van der Waals surface area (Å²) < 4.78 is 0. The van der Waals surface area contributed by atoms with Crippen LogP contribution in [0.5, 0.6) is 0 Å². The van der Waals surface area contributed by atoms with E-state index in [2.05, 4.69) is 10.2 Å². The van der Waals surface area contributed by atoms with E-state index in [0.29, 0.717) is 35.7 Å². The molecule has 1 saturated heterocycles. The first-order chi connectivity index (χ1) is 11.5. The fourth-order valence-corrected chi connectivity index (χ4v) is 3.27. The van der Waals surface area contributed by atoms with Crippen LogP contribution >= 0.6 is 23.2 Å². The third-order valence-corrected chi connectivity index (χ3v) is 4.98. The molecular weight excluding hydrogens is 349 g/mol. The van der Waals surface area contributed by atoms with Gasteiger partial charge in [-0.3, -0.25) is 14.5 Å². The summed E-state index contributed by atoms with van der Waals surface area (Å²) in [5.74, 6) is 0.145. The Labute approximate surface area is 151 Å². The average Bonchev–Trinajstić information content (AvgIpc) is 3.34. The van der Waals surface area contributed by atoms with Gasteiger partial charge in [-0.2, -0.15) is 0 Å². The lowest BCUT2D eigenvalue weighted by molar-refractivity contribution is -0.132. The molecule has 1 heterocycles. The second-order valence-corrected chi connectivity index (χ2v) is 7.25. The summed E-state index contributed by atoms with van der Waals surface area (Å²) in [6.45, 7) is 3.14. The quantitative estimate of drug-likeness (QED) is 0.862. The number of amides is 2. The Hall–Kier alpha value is -1.30. The first kappa shape index (κ1) is 17.5. The molecule has 2 aliphatic rings. The minimum Gasteiger partial charge on any atom is -0.352 e. The highest BCUT2D eigenvalue weighted by atomic mass is 35.5. The molecule has 0 unspecified atom stereocenters. The van der Waals surface area contributed by atoms with Gasteiger partial charge in [-0.25, -0.2) is 0 Å². The van der Waals surface area contributed by atoms with Crippen molar-refractivity contribution >= 4 is 35.0 Å². The first-order valence-corrected chi connectivity index (χ1v) is 9.00. The molecule has 1 saturated carbocycles. The monoisotopic (exact) mass is 369 g/mol. The lowest BCUT2D eigenvalue weighted by Crippen LogP contribution is -2.51. The molecule has 0 radical (unpaired) electrons. The van der Waals surface area contributed by atoms with Gasteiger partial charge in [0.05, 0.1) is 13.0 Å². The van der Waals surface area contributed by atoms with Gasteiger partial charge in [0.2, 0.25) is 11.8 Å². The summed E-state index contributed by atoms with van der Waals surface area (Å²) in [4.78, 5) is 28.2. The molecule has 0 bridgehead atoms. The SMILES string of the molecule is O=C(CN1CCN(C(=O)Cc2ccc(Cl)cc2Cl)CC1)NC1CC1. The predicted molar refractivity (Wildman–Crippen MR) is 94.4 cm³/mol. The molecule has 0 aromatic heterocycles. The fraction of sp³-hybridized carbons (Fsp3) is 0.529. The topological polar surface area (TPSA) is 52.7 Å². The van der Waals surface area contributed by atoms with Crippen LogP contribution in [0, 0.1) is 0 Å². The van der Waals surface area contributed by atoms with E-state index in [0.717, 1.165) is 31.5 Å². The summed E-state index contributed by atoms with van der Waals surface area (Å²) in [7, 11) is 0. The number of benzene rings is 1. The molecule has 1 aromatic carbocycles. The summed E-state index contributed by atoms with van der Waals surface area (Å²) in [5, 5.41) is 4.08. The van der Waals surface area contributed by atoms with Crippen LogP contribution < -0.4 is 5.32 Å². The average molecular weight is 370 g/mol. The number of piperazine rings is 1. The largest absolute Gasteiger partial charge is 0.352 e. The van der Waals surface area contributed by atoms with Gasteiger partial charge in [0, 0.05) is 42.3 Å². The Bertz CT molecular complexity index is 626. The minimum atomic E-state index is 0.0568. The number of hydrogen-bond donors (Lipinski definition) is 1. The summed E-state index contributed by atoms with van der Waals surface area (Å²) >= 11 is 12.0. The van der Waals surface area contributed by atoms with Crippen LogP contribution in [0.4, 0.5) is 0 Å². The van der Waals surface area contributed by atoms with Crippen molar-refractivity contribution in [3.05, 3.63) is 33.8 Å². The molecule has 3 rings (SSSR count). The fourth-order valence-electron chi connectivity index (χ4n) is 2.80. The van der Waals surface area contributed by atoms with Crippen molar-refractivity contribution in [2.24, 2.45) is 0 Å². The van der Waals surface area contributed by atoms with Crippen molar-refractivity contribution in [2.45, 2.75) is 25.3 Å². The van der Waals surface area contributed by atoms with E-state index in [1.54, 1.807) is 18.2 Å². The number of nitrogens with one attached hydrogen (secondary N) is 1. The maximum absolute atomic E-state index is 12.4. The van der Waals surface area contributed by atoms with Crippen LogP contribution in [0.1, 0.15) is 18.4 Å². The van der Waals surface area contributed by atoms with E-state index in [-0.39, 0.29) is 18.2 Å². The number of rotatable bonds is 5. The lowest BCUT2D eigenvalue weighted by atomic mass is 10.1. The Morgan fingerprint density at radius 3 is 2.46 bits per heavy atom. The van der Waals surface area contributed by atoms with Crippen LogP contribution in [0.25, 0.3) is 0 Å². The second-order valence-electron chi connectivity index (χ2n) is 6.41. The Kier molecular flexibility index (Phi) is 5.64. The zero-order valence-corrected chi connectivity index (χ0v) is 14.9. The molecule has 5 nitrogen and oxygen atoms in total. The van der Waals surface area contributed by atoms with Crippen molar-refractivity contribution in [1.29, 1.82) is 0 Å². The molecular formula is C17H21Cl2N3O2. The van der Waals surface area contributed by atoms with Crippen molar-refractivity contribution in [1.82, 2.24) is 15.1 Å². The molecule has 0 spiro atoms. The third kappa shape index (κ3) is 4.85. The first-order valence-electron chi connectivity index (χ1n) is 8.24. The zero-order valence-electron chi connectivity index (χ0n) is 13.4. The maximum atomic E-state index is 12.4. The smallest absolute Gasteiger partial charge is 0.234 e. The van der Waals surface area contributed by atoms with E-state index >= 15 is 0 Å². The lowest BCUT2D eigenvalue weighted by Gasteiger charge is -2.34. The van der Waals surface area contributed by atoms with Crippen molar-refractivity contribution in [3.63, 3.8) is 0 Å². The van der Waals surface area contributed by atoms with Crippen LogP contribution in [-0.4, -0.2) is 60.4 Å². The molecule has 1 aliphatic heterocycles. The van der Waals surface area contributed by atoms with E-state index < -0.39 is 0 Å². The minimum absolute atomic E-state index is 0.0568. The van der Waals surface area contributed by atoms with Gasteiger partial charge in [0.15, 0.2) is 0 Å². The van der Waals surface area contributed by atoms with E-state index in [1.165, 1.54) is 0 Å². The molecule has 24 heavy (non-hydrogen) atoms. The molecule has 130 valence electrons. The number of halogens is 2. The van der Waals surface area contributed by atoms with Crippen LogP contribution in [0.2, 0.25) is 10.0 Å². The zero-order chi connectivity index (χ0) is 17.1. The molecule has 0 atom stereocenters. The van der Waals surface area contributed by atoms with Crippen LogP contribution in [0.3, 0.4) is 0 Å². The Balaban J connectivity index is 1.45. The molecule has 7 heteroatoms. The van der Waals surface area contributed by atoms with Crippen molar-refractivity contribution < 1.29 is 9.59 Å². The Morgan fingerprint density at radius 2 is 1.83 bits per heavy atom. The van der Waals surface area contributed by atoms with E-state index in [1.807, 2.05) is 4.90 Å². The highest BCUT2D eigenvalue weighted by Gasteiger charge is 2.26. The number of hydrogen-bond acceptors (Lipinski definition) is 3. The van der Waals surface area contributed by atoms with Crippen LogP contribution in [-0.2, 0) is 16.0 Å². The van der Waals surface area contributed by atoms with Gasteiger partial charge < -0.3 is 10.2 Å². The molecule has 1 aliphatic carbocycles. The molecule has 2 fully saturated rings.